The number of rotatable bonds is 1. The SMILES string of the molecule is CC1(c2ccccc2)CC2=CC3=C(CC=C4C3=Nc3ccccc34)SC2=C2N=c3ccccc3=C21. The van der Waals surface area contributed by atoms with Gasteiger partial charge in [-0.15, -0.1) is 0 Å². The maximum Gasteiger partial charge on any atom is 0.0827 e. The summed E-state index contributed by atoms with van der Waals surface area (Å²) in [7, 11) is 0. The highest BCUT2D eigenvalue weighted by atomic mass is 32.2. The predicted molar refractivity (Wildman–Crippen MR) is 145 cm³/mol. The van der Waals surface area contributed by atoms with Crippen LogP contribution in [0.25, 0.3) is 11.1 Å². The Hall–Kier alpha value is -3.69. The van der Waals surface area contributed by atoms with Gasteiger partial charge in [0.1, 0.15) is 0 Å². The zero-order valence-electron chi connectivity index (χ0n) is 19.4. The molecule has 0 fully saturated rings. The van der Waals surface area contributed by atoms with Crippen LogP contribution < -0.4 is 10.6 Å². The van der Waals surface area contributed by atoms with Gasteiger partial charge in [0.15, 0.2) is 0 Å². The largest absolute Gasteiger partial charge is 0.247 e. The minimum Gasteiger partial charge on any atom is -0.247 e. The van der Waals surface area contributed by atoms with Gasteiger partial charge in [-0.05, 0) is 47.8 Å². The highest BCUT2D eigenvalue weighted by Crippen LogP contribution is 2.57. The van der Waals surface area contributed by atoms with E-state index in [1.165, 1.54) is 48.4 Å². The third-order valence-electron chi connectivity index (χ3n) is 7.93. The second-order valence-corrected chi connectivity index (χ2v) is 11.1. The monoisotopic (exact) mass is 466 g/mol. The van der Waals surface area contributed by atoms with Crippen molar-refractivity contribution in [1.82, 2.24) is 0 Å². The molecule has 0 saturated heterocycles. The van der Waals surface area contributed by atoms with E-state index < -0.39 is 0 Å². The summed E-state index contributed by atoms with van der Waals surface area (Å²) < 4.78 is 0. The van der Waals surface area contributed by atoms with Crippen molar-refractivity contribution in [2.45, 2.75) is 25.2 Å². The van der Waals surface area contributed by atoms with Gasteiger partial charge in [0.2, 0.25) is 0 Å². The number of fused-ring (bicyclic) bond motifs is 7. The smallest absolute Gasteiger partial charge is 0.0827 e. The minimum atomic E-state index is -0.144. The van der Waals surface area contributed by atoms with Crippen molar-refractivity contribution in [1.29, 1.82) is 0 Å². The van der Waals surface area contributed by atoms with Crippen LogP contribution in [0.1, 0.15) is 30.9 Å². The zero-order chi connectivity index (χ0) is 23.1. The Labute approximate surface area is 208 Å². The Morgan fingerprint density at radius 1 is 0.857 bits per heavy atom. The number of thioether (sulfide) groups is 1. The fraction of sp³-hybridized carbons (Fsp3) is 0.125. The van der Waals surface area contributed by atoms with Gasteiger partial charge in [-0.3, -0.25) is 0 Å². The van der Waals surface area contributed by atoms with Crippen molar-refractivity contribution in [2.75, 3.05) is 0 Å². The van der Waals surface area contributed by atoms with E-state index in [2.05, 4.69) is 97.9 Å². The fourth-order valence-electron chi connectivity index (χ4n) is 6.29. The summed E-state index contributed by atoms with van der Waals surface area (Å²) in [6, 6.07) is 28.1. The van der Waals surface area contributed by atoms with Gasteiger partial charge in [-0.25, -0.2) is 9.98 Å². The molecule has 3 aromatic carbocycles. The van der Waals surface area contributed by atoms with Gasteiger partial charge in [0.25, 0.3) is 0 Å². The van der Waals surface area contributed by atoms with Crippen molar-refractivity contribution in [3.05, 3.63) is 139 Å². The molecule has 1 unspecified atom stereocenters. The molecule has 2 aliphatic carbocycles. The average molecular weight is 467 g/mol. The predicted octanol–water partition coefficient (Wildman–Crippen LogP) is 6.54. The topological polar surface area (TPSA) is 24.7 Å². The first-order valence-electron chi connectivity index (χ1n) is 12.2. The minimum absolute atomic E-state index is 0.144. The molecular formula is C32H22N2S. The van der Waals surface area contributed by atoms with Crippen LogP contribution in [0, 0.1) is 0 Å². The number of aliphatic imine (C=N–C) groups is 1. The molecule has 0 amide bonds. The molecule has 1 atom stereocenters. The fourth-order valence-corrected chi connectivity index (χ4v) is 7.48. The molecule has 3 aliphatic heterocycles. The van der Waals surface area contributed by atoms with Crippen LogP contribution in [-0.2, 0) is 5.41 Å². The third kappa shape index (κ3) is 2.62. The van der Waals surface area contributed by atoms with Gasteiger partial charge >= 0.3 is 0 Å². The highest BCUT2D eigenvalue weighted by molar-refractivity contribution is 8.07. The number of hydrogen-bond acceptors (Lipinski definition) is 3. The first-order chi connectivity index (χ1) is 17.2. The molecule has 2 nitrogen and oxygen atoms in total. The number of nitrogens with zero attached hydrogens (tertiary/aromatic N) is 2. The first-order valence-corrected chi connectivity index (χ1v) is 13.0. The summed E-state index contributed by atoms with van der Waals surface area (Å²) >= 11 is 1.92. The van der Waals surface area contributed by atoms with Gasteiger partial charge < -0.3 is 0 Å². The number of allylic oxidation sites excluding steroid dienone is 7. The maximum atomic E-state index is 5.23. The van der Waals surface area contributed by atoms with Crippen molar-refractivity contribution in [2.24, 2.45) is 9.98 Å². The van der Waals surface area contributed by atoms with Crippen LogP contribution in [0.2, 0.25) is 0 Å². The molecule has 5 aliphatic rings. The summed E-state index contributed by atoms with van der Waals surface area (Å²) in [6.07, 6.45) is 6.70. The van der Waals surface area contributed by atoms with Crippen LogP contribution in [0.4, 0.5) is 5.69 Å². The van der Waals surface area contributed by atoms with Crippen LogP contribution >= 0.6 is 11.8 Å². The lowest BCUT2D eigenvalue weighted by Crippen LogP contribution is -2.35. The average Bonchev–Trinajstić information content (AvgIpc) is 3.48. The lowest BCUT2D eigenvalue weighted by atomic mass is 9.66. The van der Waals surface area contributed by atoms with E-state index in [0.717, 1.165) is 35.3 Å². The molecule has 166 valence electrons. The lowest BCUT2D eigenvalue weighted by Gasteiger charge is -2.40. The Morgan fingerprint density at radius 2 is 1.66 bits per heavy atom. The molecule has 0 aromatic heterocycles. The Morgan fingerprint density at radius 3 is 2.57 bits per heavy atom. The van der Waals surface area contributed by atoms with Gasteiger partial charge in [-0.2, -0.15) is 0 Å². The van der Waals surface area contributed by atoms with E-state index in [1.54, 1.807) is 0 Å². The maximum absolute atomic E-state index is 5.23. The van der Waals surface area contributed by atoms with Gasteiger partial charge in [0.05, 0.1) is 22.5 Å². The van der Waals surface area contributed by atoms with Crippen molar-refractivity contribution in [3.63, 3.8) is 0 Å². The van der Waals surface area contributed by atoms with Gasteiger partial charge in [-0.1, -0.05) is 91.5 Å². The summed E-state index contributed by atoms with van der Waals surface area (Å²) in [5.74, 6) is 0. The van der Waals surface area contributed by atoms with Crippen molar-refractivity contribution >= 4 is 34.3 Å². The van der Waals surface area contributed by atoms with E-state index in [9.17, 15) is 0 Å². The summed E-state index contributed by atoms with van der Waals surface area (Å²) in [5, 5.41) is 2.37. The van der Waals surface area contributed by atoms with Crippen molar-refractivity contribution in [3.8, 4) is 0 Å². The second kappa shape index (κ2) is 6.93. The zero-order valence-corrected chi connectivity index (χ0v) is 20.2. The second-order valence-electron chi connectivity index (χ2n) is 9.96. The summed E-state index contributed by atoms with van der Waals surface area (Å²) in [5.41, 5.74) is 11.2. The number of para-hydroxylation sites is 2. The molecule has 35 heavy (non-hydrogen) atoms. The molecular weight excluding hydrogens is 444 g/mol. The molecule has 3 heteroatoms. The van der Waals surface area contributed by atoms with Gasteiger partial charge in [0, 0.05) is 37.2 Å². The summed E-state index contributed by atoms with van der Waals surface area (Å²) in [6.45, 7) is 2.40. The van der Waals surface area contributed by atoms with E-state index in [1.807, 2.05) is 11.8 Å². The van der Waals surface area contributed by atoms with E-state index in [4.69, 9.17) is 9.98 Å². The Kier molecular flexibility index (Phi) is 3.88. The molecule has 0 bridgehead atoms. The molecule has 0 spiro atoms. The number of benzene rings is 3. The standard InChI is InChI=1S/C32H22N2S/c1-32(20-9-3-2-4-10-20)18-19-17-24-27(16-15-22-21-11-5-7-13-25(21)33-29(22)24)35-31(19)30-28(32)23-12-6-8-14-26(23)34-30/h2-15,17H,16,18H2,1H3. The third-order valence-corrected chi connectivity index (χ3v) is 9.22. The lowest BCUT2D eigenvalue weighted by molar-refractivity contribution is 0.599. The summed E-state index contributed by atoms with van der Waals surface area (Å²) in [4.78, 5) is 13.0. The highest BCUT2D eigenvalue weighted by Gasteiger charge is 2.44. The van der Waals surface area contributed by atoms with Crippen LogP contribution in [0.5, 0.6) is 0 Å². The quantitative estimate of drug-likeness (QED) is 0.399. The molecule has 0 N–H and O–H groups in total. The van der Waals surface area contributed by atoms with E-state index in [0.29, 0.717) is 0 Å². The van der Waals surface area contributed by atoms with Crippen LogP contribution in [0.3, 0.4) is 0 Å². The Balaban J connectivity index is 1.35. The first kappa shape index (κ1) is 19.6. The molecule has 8 rings (SSSR count). The van der Waals surface area contributed by atoms with E-state index >= 15 is 0 Å². The van der Waals surface area contributed by atoms with Crippen LogP contribution in [0.15, 0.2) is 128 Å². The molecule has 3 heterocycles. The van der Waals surface area contributed by atoms with Crippen molar-refractivity contribution < 1.29 is 0 Å². The molecule has 0 saturated carbocycles. The van der Waals surface area contributed by atoms with Crippen LogP contribution in [-0.4, -0.2) is 5.71 Å². The Bertz CT molecular complexity index is 1770. The molecule has 0 radical (unpaired) electrons. The normalized spacial score (nSPS) is 23.2. The van der Waals surface area contributed by atoms with E-state index in [-0.39, 0.29) is 5.41 Å². The number of hydrogen-bond donors (Lipinski definition) is 0. The molecule has 3 aromatic rings.